The normalized spacial score (nSPS) is 10.5. The Kier molecular flexibility index (Phi) is 5.24. The average Bonchev–Trinajstić information content (AvgIpc) is 2.42. The molecule has 2 rings (SSSR count). The number of carboxylic acid groups (broad SMARTS) is 1. The molecule has 7 heteroatoms. The van der Waals surface area contributed by atoms with E-state index in [0.717, 1.165) is 0 Å². The Labute approximate surface area is 141 Å². The highest BCUT2D eigenvalue weighted by molar-refractivity contribution is 9.11. The molecule has 0 unspecified atom stereocenters. The molecule has 21 heavy (non-hydrogen) atoms. The zero-order valence-corrected chi connectivity index (χ0v) is 14.3. The fourth-order valence-electron chi connectivity index (χ4n) is 1.63. The Morgan fingerprint density at radius 2 is 1.90 bits per heavy atom. The van der Waals surface area contributed by atoms with Gasteiger partial charge in [-0.25, -0.2) is 9.18 Å². The summed E-state index contributed by atoms with van der Waals surface area (Å²) >= 11 is 12.3. The molecule has 0 spiro atoms. The standard InChI is InChI=1S/C14H8Br2ClFO3/c15-9-4-8(14(19)20)5-10(16)13(9)21-6-7-2-1-3-11(18)12(7)17/h1-5H,6H2,(H,19,20). The minimum atomic E-state index is -1.05. The van der Waals surface area contributed by atoms with E-state index in [4.69, 9.17) is 21.4 Å². The zero-order chi connectivity index (χ0) is 15.6. The van der Waals surface area contributed by atoms with Crippen LogP contribution in [0.15, 0.2) is 39.3 Å². The molecule has 110 valence electrons. The number of ether oxygens (including phenoxy) is 1. The number of halogens is 4. The first-order chi connectivity index (χ1) is 9.90. The summed E-state index contributed by atoms with van der Waals surface area (Å²) in [4.78, 5) is 10.9. The molecule has 3 nitrogen and oxygen atoms in total. The second kappa shape index (κ2) is 6.77. The van der Waals surface area contributed by atoms with Crippen LogP contribution in [0, 0.1) is 5.82 Å². The molecular formula is C14H8Br2ClFO3. The first kappa shape index (κ1) is 16.3. The van der Waals surface area contributed by atoms with Crippen LogP contribution >= 0.6 is 43.5 Å². The van der Waals surface area contributed by atoms with Crippen LogP contribution in [0.25, 0.3) is 0 Å². The lowest BCUT2D eigenvalue weighted by atomic mass is 10.2. The van der Waals surface area contributed by atoms with Crippen LogP contribution in [0.1, 0.15) is 15.9 Å². The summed E-state index contributed by atoms with van der Waals surface area (Å²) in [5, 5.41) is 8.96. The molecule has 0 bridgehead atoms. The second-order valence-corrected chi connectivity index (χ2v) is 6.16. The van der Waals surface area contributed by atoms with Crippen molar-refractivity contribution in [3.63, 3.8) is 0 Å². The molecule has 0 heterocycles. The van der Waals surface area contributed by atoms with Gasteiger partial charge in [-0.2, -0.15) is 0 Å². The smallest absolute Gasteiger partial charge is 0.335 e. The van der Waals surface area contributed by atoms with Gasteiger partial charge < -0.3 is 9.84 Å². The van der Waals surface area contributed by atoms with Crippen LogP contribution < -0.4 is 4.74 Å². The van der Waals surface area contributed by atoms with E-state index in [1.165, 1.54) is 24.3 Å². The number of rotatable bonds is 4. The molecule has 0 aliphatic rings. The van der Waals surface area contributed by atoms with Gasteiger partial charge in [0.1, 0.15) is 18.2 Å². The topological polar surface area (TPSA) is 46.5 Å². The molecule has 1 N–H and O–H groups in total. The minimum absolute atomic E-state index is 0.00639. The van der Waals surface area contributed by atoms with E-state index in [1.807, 2.05) is 0 Å². The first-order valence-corrected chi connectivity index (χ1v) is 7.64. The maximum absolute atomic E-state index is 13.3. The van der Waals surface area contributed by atoms with Gasteiger partial charge in [-0.3, -0.25) is 0 Å². The molecule has 0 radical (unpaired) electrons. The zero-order valence-electron chi connectivity index (χ0n) is 10.4. The quantitative estimate of drug-likeness (QED) is 0.707. The van der Waals surface area contributed by atoms with Crippen molar-refractivity contribution in [1.82, 2.24) is 0 Å². The van der Waals surface area contributed by atoms with Crippen LogP contribution in [0.2, 0.25) is 5.02 Å². The van der Waals surface area contributed by atoms with E-state index >= 15 is 0 Å². The Morgan fingerprint density at radius 3 is 2.48 bits per heavy atom. The molecule has 0 aliphatic heterocycles. The van der Waals surface area contributed by atoms with E-state index in [0.29, 0.717) is 20.3 Å². The SMILES string of the molecule is O=C(O)c1cc(Br)c(OCc2cccc(F)c2Cl)c(Br)c1. The number of hydrogen-bond donors (Lipinski definition) is 1. The number of hydrogen-bond acceptors (Lipinski definition) is 2. The van der Waals surface area contributed by atoms with Crippen LogP contribution in [0.4, 0.5) is 4.39 Å². The first-order valence-electron chi connectivity index (χ1n) is 5.68. The lowest BCUT2D eigenvalue weighted by molar-refractivity contribution is 0.0696. The van der Waals surface area contributed by atoms with Crippen LogP contribution in [0.3, 0.4) is 0 Å². The fraction of sp³-hybridized carbons (Fsp3) is 0.0714. The van der Waals surface area contributed by atoms with Crippen molar-refractivity contribution >= 4 is 49.4 Å². The van der Waals surface area contributed by atoms with E-state index in [1.54, 1.807) is 6.07 Å². The van der Waals surface area contributed by atoms with Crippen molar-refractivity contribution in [1.29, 1.82) is 0 Å². The van der Waals surface area contributed by atoms with E-state index in [2.05, 4.69) is 31.9 Å². The van der Waals surface area contributed by atoms with Crippen LogP contribution in [-0.2, 0) is 6.61 Å². The lowest BCUT2D eigenvalue weighted by Crippen LogP contribution is -2.01. The Hall–Kier alpha value is -1.11. The van der Waals surface area contributed by atoms with Gasteiger partial charge in [-0.05, 0) is 50.1 Å². The number of carboxylic acids is 1. The Bertz CT molecular complexity index is 684. The van der Waals surface area contributed by atoms with Crippen molar-refractivity contribution in [2.45, 2.75) is 6.61 Å². The van der Waals surface area contributed by atoms with Gasteiger partial charge in [0.05, 0.1) is 19.5 Å². The fourth-order valence-corrected chi connectivity index (χ4v) is 3.23. The van der Waals surface area contributed by atoms with Gasteiger partial charge in [-0.1, -0.05) is 23.7 Å². The van der Waals surface area contributed by atoms with Crippen molar-refractivity contribution in [2.75, 3.05) is 0 Å². The molecule has 0 atom stereocenters. The second-order valence-electron chi connectivity index (χ2n) is 4.08. The predicted octanol–water partition coefficient (Wildman–Crippen LogP) is 5.28. The van der Waals surface area contributed by atoms with E-state index in [-0.39, 0.29) is 17.2 Å². The molecule has 0 saturated heterocycles. The minimum Gasteiger partial charge on any atom is -0.486 e. The van der Waals surface area contributed by atoms with Gasteiger partial charge in [0, 0.05) is 5.56 Å². The summed E-state index contributed by atoms with van der Waals surface area (Å²) in [5.41, 5.74) is 0.614. The van der Waals surface area contributed by atoms with Gasteiger partial charge in [0.2, 0.25) is 0 Å². The van der Waals surface area contributed by atoms with E-state index < -0.39 is 11.8 Å². The number of aromatic carboxylic acids is 1. The molecule has 0 aliphatic carbocycles. The Balaban J connectivity index is 2.24. The summed E-state index contributed by atoms with van der Waals surface area (Å²) in [5.74, 6) is -1.14. The average molecular weight is 438 g/mol. The molecule has 0 saturated carbocycles. The summed E-state index contributed by atoms with van der Waals surface area (Å²) in [6.45, 7) is 0.0558. The highest BCUT2D eigenvalue weighted by Crippen LogP contribution is 2.35. The largest absolute Gasteiger partial charge is 0.486 e. The van der Waals surface area contributed by atoms with Crippen molar-refractivity contribution < 1.29 is 19.0 Å². The van der Waals surface area contributed by atoms with Gasteiger partial charge in [0.25, 0.3) is 0 Å². The maximum atomic E-state index is 13.3. The lowest BCUT2D eigenvalue weighted by Gasteiger charge is -2.12. The van der Waals surface area contributed by atoms with E-state index in [9.17, 15) is 9.18 Å². The summed E-state index contributed by atoms with van der Waals surface area (Å²) < 4.78 is 19.9. The number of benzene rings is 2. The molecule has 0 aromatic heterocycles. The highest BCUT2D eigenvalue weighted by atomic mass is 79.9. The van der Waals surface area contributed by atoms with Gasteiger partial charge in [0.15, 0.2) is 0 Å². The summed E-state index contributed by atoms with van der Waals surface area (Å²) in [6.07, 6.45) is 0. The molecule has 0 amide bonds. The molecule has 2 aromatic rings. The van der Waals surface area contributed by atoms with Gasteiger partial charge >= 0.3 is 5.97 Å². The van der Waals surface area contributed by atoms with Gasteiger partial charge in [-0.15, -0.1) is 0 Å². The van der Waals surface area contributed by atoms with Crippen molar-refractivity contribution in [3.8, 4) is 5.75 Å². The van der Waals surface area contributed by atoms with Crippen molar-refractivity contribution in [2.24, 2.45) is 0 Å². The predicted molar refractivity (Wildman–Crippen MR) is 84.5 cm³/mol. The molecule has 2 aromatic carbocycles. The summed E-state index contributed by atoms with van der Waals surface area (Å²) in [6, 6.07) is 7.31. The third kappa shape index (κ3) is 3.75. The Morgan fingerprint density at radius 1 is 1.29 bits per heavy atom. The monoisotopic (exact) mass is 436 g/mol. The van der Waals surface area contributed by atoms with Crippen LogP contribution in [-0.4, -0.2) is 11.1 Å². The van der Waals surface area contributed by atoms with Crippen LogP contribution in [0.5, 0.6) is 5.75 Å². The molecule has 0 fully saturated rings. The number of carbonyl (C=O) groups is 1. The maximum Gasteiger partial charge on any atom is 0.335 e. The molecular weight excluding hydrogens is 430 g/mol. The third-order valence-electron chi connectivity index (χ3n) is 2.65. The summed E-state index contributed by atoms with van der Waals surface area (Å²) in [7, 11) is 0. The highest BCUT2D eigenvalue weighted by Gasteiger charge is 2.14. The third-order valence-corrected chi connectivity index (χ3v) is 4.25. The van der Waals surface area contributed by atoms with Crippen molar-refractivity contribution in [3.05, 3.63) is 61.2 Å².